The molecule has 0 radical (unpaired) electrons. The molecule has 5 heteroatoms. The Bertz CT molecular complexity index is 623. The molecule has 0 aliphatic heterocycles. The average Bonchev–Trinajstić information content (AvgIpc) is 3.30. The molecular formula is C16H17N3O2. The summed E-state index contributed by atoms with van der Waals surface area (Å²) in [7, 11) is 0. The number of carbonyl (C=O) groups is 1. The fraction of sp³-hybridized carbons (Fsp3) is 0.438. The summed E-state index contributed by atoms with van der Waals surface area (Å²) in [5.41, 5.74) is 1.30. The normalized spacial score (nSPS) is 14.8. The Kier molecular flexibility index (Phi) is 4.45. The van der Waals surface area contributed by atoms with Crippen LogP contribution in [0.5, 0.6) is 0 Å². The number of aliphatic carboxylic acids is 1. The third kappa shape index (κ3) is 3.32. The summed E-state index contributed by atoms with van der Waals surface area (Å²) in [4.78, 5) is 13.3. The van der Waals surface area contributed by atoms with Crippen molar-refractivity contribution in [3.05, 3.63) is 29.3 Å². The maximum atomic E-state index is 11.5. The van der Waals surface area contributed by atoms with Crippen LogP contribution in [-0.4, -0.2) is 23.7 Å². The van der Waals surface area contributed by atoms with Gasteiger partial charge in [0.25, 0.3) is 0 Å². The molecule has 0 spiro atoms. The SMILES string of the molecule is CCC(C(=O)O)N(CC1CC1)c1ccc(C#N)c(C#N)c1. The van der Waals surface area contributed by atoms with E-state index in [1.807, 2.05) is 24.0 Å². The van der Waals surface area contributed by atoms with Crippen molar-refractivity contribution >= 4 is 11.7 Å². The molecule has 1 fully saturated rings. The summed E-state index contributed by atoms with van der Waals surface area (Å²) in [5, 5.41) is 27.5. The van der Waals surface area contributed by atoms with Gasteiger partial charge in [-0.05, 0) is 43.4 Å². The van der Waals surface area contributed by atoms with Crippen molar-refractivity contribution in [3.63, 3.8) is 0 Å². The predicted octanol–water partition coefficient (Wildman–Crippen LogP) is 2.51. The summed E-state index contributed by atoms with van der Waals surface area (Å²) in [6.07, 6.45) is 2.73. The Morgan fingerprint density at radius 1 is 1.38 bits per heavy atom. The van der Waals surface area contributed by atoms with Crippen LogP contribution in [0.25, 0.3) is 0 Å². The monoisotopic (exact) mass is 283 g/mol. The molecule has 1 N–H and O–H groups in total. The van der Waals surface area contributed by atoms with E-state index in [9.17, 15) is 9.90 Å². The molecule has 1 atom stereocenters. The smallest absolute Gasteiger partial charge is 0.326 e. The number of hydrogen-bond donors (Lipinski definition) is 1. The molecule has 1 aromatic rings. The molecule has 0 heterocycles. The van der Waals surface area contributed by atoms with Crippen molar-refractivity contribution in [1.82, 2.24) is 0 Å². The highest BCUT2D eigenvalue weighted by molar-refractivity contribution is 5.78. The van der Waals surface area contributed by atoms with Gasteiger partial charge in [-0.1, -0.05) is 6.92 Å². The van der Waals surface area contributed by atoms with Crippen LogP contribution in [0.15, 0.2) is 18.2 Å². The minimum Gasteiger partial charge on any atom is -0.480 e. The number of anilines is 1. The topological polar surface area (TPSA) is 88.1 Å². The van der Waals surface area contributed by atoms with Crippen LogP contribution in [0, 0.1) is 28.6 Å². The van der Waals surface area contributed by atoms with Crippen molar-refractivity contribution in [1.29, 1.82) is 10.5 Å². The lowest BCUT2D eigenvalue weighted by Gasteiger charge is -2.30. The summed E-state index contributed by atoms with van der Waals surface area (Å²) >= 11 is 0. The van der Waals surface area contributed by atoms with E-state index >= 15 is 0 Å². The highest BCUT2D eigenvalue weighted by atomic mass is 16.4. The van der Waals surface area contributed by atoms with Gasteiger partial charge in [-0.25, -0.2) is 4.79 Å². The van der Waals surface area contributed by atoms with Crippen LogP contribution in [0.4, 0.5) is 5.69 Å². The second kappa shape index (κ2) is 6.28. The largest absolute Gasteiger partial charge is 0.480 e. The van der Waals surface area contributed by atoms with Gasteiger partial charge >= 0.3 is 5.97 Å². The summed E-state index contributed by atoms with van der Waals surface area (Å²) in [5.74, 6) is -0.333. The van der Waals surface area contributed by atoms with E-state index in [0.717, 1.165) is 12.8 Å². The van der Waals surface area contributed by atoms with Gasteiger partial charge in [0.2, 0.25) is 0 Å². The van der Waals surface area contributed by atoms with Crippen LogP contribution in [0.3, 0.4) is 0 Å². The van der Waals surface area contributed by atoms with Gasteiger partial charge in [0.05, 0.1) is 11.1 Å². The Balaban J connectivity index is 2.38. The molecule has 2 rings (SSSR count). The van der Waals surface area contributed by atoms with E-state index in [2.05, 4.69) is 0 Å². The first-order valence-corrected chi connectivity index (χ1v) is 7.04. The van der Waals surface area contributed by atoms with Crippen LogP contribution >= 0.6 is 0 Å². The Hall–Kier alpha value is -2.53. The van der Waals surface area contributed by atoms with E-state index in [1.165, 1.54) is 0 Å². The molecule has 1 aliphatic rings. The van der Waals surface area contributed by atoms with Crippen molar-refractivity contribution < 1.29 is 9.90 Å². The minimum atomic E-state index is -0.860. The fourth-order valence-electron chi connectivity index (χ4n) is 2.42. The summed E-state index contributed by atoms with van der Waals surface area (Å²) < 4.78 is 0. The first-order valence-electron chi connectivity index (χ1n) is 7.04. The molecule has 21 heavy (non-hydrogen) atoms. The minimum absolute atomic E-state index is 0.288. The van der Waals surface area contributed by atoms with Crippen LogP contribution in [0.1, 0.15) is 37.3 Å². The third-order valence-corrected chi connectivity index (χ3v) is 3.78. The second-order valence-electron chi connectivity index (χ2n) is 5.31. The molecule has 0 bridgehead atoms. The van der Waals surface area contributed by atoms with Crippen molar-refractivity contribution in [3.8, 4) is 12.1 Å². The zero-order valence-electron chi connectivity index (χ0n) is 11.9. The predicted molar refractivity (Wildman–Crippen MR) is 77.7 cm³/mol. The number of carboxylic acids is 1. The van der Waals surface area contributed by atoms with Gasteiger partial charge in [0, 0.05) is 12.2 Å². The quantitative estimate of drug-likeness (QED) is 0.866. The van der Waals surface area contributed by atoms with Gasteiger partial charge in [0.15, 0.2) is 0 Å². The van der Waals surface area contributed by atoms with Gasteiger partial charge in [-0.3, -0.25) is 0 Å². The van der Waals surface area contributed by atoms with Gasteiger partial charge in [-0.2, -0.15) is 10.5 Å². The standard InChI is InChI=1S/C16H17N3O2/c1-2-15(16(20)21)19(10-11-3-4-11)14-6-5-12(8-17)13(7-14)9-18/h5-7,11,15H,2-4,10H2,1H3,(H,20,21). The van der Waals surface area contributed by atoms with E-state index in [-0.39, 0.29) is 5.56 Å². The average molecular weight is 283 g/mol. The summed E-state index contributed by atoms with van der Waals surface area (Å²) in [6.45, 7) is 2.52. The number of carboxylic acid groups (broad SMARTS) is 1. The van der Waals surface area contributed by atoms with Crippen molar-refractivity contribution in [2.75, 3.05) is 11.4 Å². The van der Waals surface area contributed by atoms with E-state index in [1.54, 1.807) is 18.2 Å². The molecule has 108 valence electrons. The highest BCUT2D eigenvalue weighted by Crippen LogP contribution is 2.33. The first kappa shape index (κ1) is 14.9. The maximum Gasteiger partial charge on any atom is 0.326 e. The molecule has 1 saturated carbocycles. The molecule has 1 aromatic carbocycles. The van der Waals surface area contributed by atoms with Crippen LogP contribution < -0.4 is 4.90 Å². The Morgan fingerprint density at radius 3 is 2.52 bits per heavy atom. The van der Waals surface area contributed by atoms with Crippen molar-refractivity contribution in [2.24, 2.45) is 5.92 Å². The number of rotatable bonds is 6. The molecule has 1 unspecified atom stereocenters. The molecule has 0 saturated heterocycles. The van der Waals surface area contributed by atoms with Gasteiger partial charge < -0.3 is 10.0 Å². The molecule has 5 nitrogen and oxygen atoms in total. The van der Waals surface area contributed by atoms with Gasteiger partial charge in [0.1, 0.15) is 18.2 Å². The molecule has 1 aliphatic carbocycles. The van der Waals surface area contributed by atoms with Gasteiger partial charge in [-0.15, -0.1) is 0 Å². The van der Waals surface area contributed by atoms with E-state index in [0.29, 0.717) is 30.1 Å². The van der Waals surface area contributed by atoms with Crippen LogP contribution in [0.2, 0.25) is 0 Å². The lowest BCUT2D eigenvalue weighted by Crippen LogP contribution is -2.42. The zero-order chi connectivity index (χ0) is 15.4. The fourth-order valence-corrected chi connectivity index (χ4v) is 2.42. The molecule has 0 amide bonds. The highest BCUT2D eigenvalue weighted by Gasteiger charge is 2.31. The molecular weight excluding hydrogens is 266 g/mol. The number of nitriles is 2. The lowest BCUT2D eigenvalue weighted by molar-refractivity contribution is -0.138. The Morgan fingerprint density at radius 2 is 2.05 bits per heavy atom. The number of nitrogens with zero attached hydrogens (tertiary/aromatic N) is 3. The maximum absolute atomic E-state index is 11.5. The van der Waals surface area contributed by atoms with Crippen molar-refractivity contribution in [2.45, 2.75) is 32.2 Å². The third-order valence-electron chi connectivity index (χ3n) is 3.78. The zero-order valence-corrected chi connectivity index (χ0v) is 11.9. The van der Waals surface area contributed by atoms with E-state index in [4.69, 9.17) is 10.5 Å². The molecule has 0 aromatic heterocycles. The number of benzene rings is 1. The van der Waals surface area contributed by atoms with Crippen LogP contribution in [-0.2, 0) is 4.79 Å². The Labute approximate surface area is 124 Å². The number of hydrogen-bond acceptors (Lipinski definition) is 4. The summed E-state index contributed by atoms with van der Waals surface area (Å²) in [6, 6.07) is 8.30. The lowest BCUT2D eigenvalue weighted by atomic mass is 10.1. The first-order chi connectivity index (χ1) is 10.1. The second-order valence-corrected chi connectivity index (χ2v) is 5.31. The van der Waals surface area contributed by atoms with E-state index < -0.39 is 12.0 Å².